The van der Waals surface area contributed by atoms with Gasteiger partial charge >= 0.3 is 0 Å². The van der Waals surface area contributed by atoms with Crippen molar-refractivity contribution in [3.63, 3.8) is 0 Å². The maximum Gasteiger partial charge on any atom is 0.230 e. The SMILES string of the molecule is O=C(CCCNC(=O)C1(c2ccccc2)CCC1)N1CCN(c2ccccc2)CC1. The van der Waals surface area contributed by atoms with E-state index in [2.05, 4.69) is 34.5 Å². The molecule has 1 aliphatic carbocycles. The first-order valence-corrected chi connectivity index (χ1v) is 11.1. The molecule has 0 aromatic heterocycles. The van der Waals surface area contributed by atoms with Crippen LogP contribution in [0.25, 0.3) is 0 Å². The summed E-state index contributed by atoms with van der Waals surface area (Å²) in [6, 6.07) is 20.4. The highest BCUT2D eigenvalue weighted by molar-refractivity contribution is 5.89. The summed E-state index contributed by atoms with van der Waals surface area (Å²) < 4.78 is 0. The van der Waals surface area contributed by atoms with Gasteiger partial charge in [-0.1, -0.05) is 55.0 Å². The minimum atomic E-state index is -0.362. The van der Waals surface area contributed by atoms with Crippen LogP contribution in [0.4, 0.5) is 5.69 Å². The highest BCUT2D eigenvalue weighted by Crippen LogP contribution is 2.43. The fourth-order valence-corrected chi connectivity index (χ4v) is 4.56. The van der Waals surface area contributed by atoms with Crippen LogP contribution >= 0.6 is 0 Å². The Morgan fingerprint density at radius 1 is 0.867 bits per heavy atom. The zero-order valence-electron chi connectivity index (χ0n) is 17.6. The van der Waals surface area contributed by atoms with E-state index in [0.717, 1.165) is 51.0 Å². The van der Waals surface area contributed by atoms with E-state index in [1.54, 1.807) is 0 Å². The van der Waals surface area contributed by atoms with Crippen LogP contribution in [0.5, 0.6) is 0 Å². The Labute approximate surface area is 179 Å². The Morgan fingerprint density at radius 3 is 2.10 bits per heavy atom. The van der Waals surface area contributed by atoms with Crippen molar-refractivity contribution in [1.82, 2.24) is 10.2 Å². The van der Waals surface area contributed by atoms with Gasteiger partial charge in [-0.2, -0.15) is 0 Å². The molecule has 1 heterocycles. The molecular weight excluding hydrogens is 374 g/mol. The quantitative estimate of drug-likeness (QED) is 0.719. The molecule has 0 atom stereocenters. The number of nitrogens with zero attached hydrogens (tertiary/aromatic N) is 2. The summed E-state index contributed by atoms with van der Waals surface area (Å²) in [5, 5.41) is 3.09. The van der Waals surface area contributed by atoms with Gasteiger partial charge in [0.1, 0.15) is 0 Å². The first kappa shape index (κ1) is 20.5. The number of para-hydroxylation sites is 1. The van der Waals surface area contributed by atoms with Gasteiger partial charge in [-0.25, -0.2) is 0 Å². The first-order chi connectivity index (χ1) is 14.7. The topological polar surface area (TPSA) is 52.7 Å². The fraction of sp³-hybridized carbons (Fsp3) is 0.440. The van der Waals surface area contributed by atoms with Crippen LogP contribution in [0, 0.1) is 0 Å². The Hall–Kier alpha value is -2.82. The Morgan fingerprint density at radius 2 is 1.50 bits per heavy atom. The van der Waals surface area contributed by atoms with Crippen LogP contribution in [0.3, 0.4) is 0 Å². The molecule has 5 heteroatoms. The summed E-state index contributed by atoms with van der Waals surface area (Å²) in [5.74, 6) is 0.308. The van der Waals surface area contributed by atoms with Crippen molar-refractivity contribution in [2.24, 2.45) is 0 Å². The predicted molar refractivity (Wildman–Crippen MR) is 119 cm³/mol. The molecule has 0 radical (unpaired) electrons. The summed E-state index contributed by atoms with van der Waals surface area (Å²) in [6.07, 6.45) is 4.09. The van der Waals surface area contributed by atoms with E-state index in [9.17, 15) is 9.59 Å². The predicted octanol–water partition coefficient (Wildman–Crippen LogP) is 3.35. The molecule has 2 aromatic carbocycles. The number of hydrogen-bond acceptors (Lipinski definition) is 3. The van der Waals surface area contributed by atoms with E-state index in [4.69, 9.17) is 0 Å². The van der Waals surface area contributed by atoms with Crippen LogP contribution in [-0.2, 0) is 15.0 Å². The van der Waals surface area contributed by atoms with Crippen molar-refractivity contribution in [3.05, 3.63) is 66.2 Å². The van der Waals surface area contributed by atoms with E-state index in [1.807, 2.05) is 41.3 Å². The molecule has 158 valence electrons. The second kappa shape index (κ2) is 9.33. The monoisotopic (exact) mass is 405 g/mol. The van der Waals surface area contributed by atoms with Gasteiger partial charge in [-0.15, -0.1) is 0 Å². The number of rotatable bonds is 7. The largest absolute Gasteiger partial charge is 0.368 e. The lowest BCUT2D eigenvalue weighted by Crippen LogP contribution is -2.50. The molecule has 5 nitrogen and oxygen atoms in total. The average molecular weight is 406 g/mol. The normalized spacial score (nSPS) is 17.9. The molecule has 2 amide bonds. The van der Waals surface area contributed by atoms with Gasteiger partial charge in [0.05, 0.1) is 5.41 Å². The highest BCUT2D eigenvalue weighted by atomic mass is 16.2. The maximum atomic E-state index is 12.9. The smallest absolute Gasteiger partial charge is 0.230 e. The number of anilines is 1. The lowest BCUT2D eigenvalue weighted by molar-refractivity contribution is -0.132. The number of piperazine rings is 1. The molecular formula is C25H31N3O2. The third kappa shape index (κ3) is 4.35. The molecule has 0 bridgehead atoms. The van der Waals surface area contributed by atoms with Crippen molar-refractivity contribution >= 4 is 17.5 Å². The van der Waals surface area contributed by atoms with E-state index in [0.29, 0.717) is 19.4 Å². The zero-order valence-corrected chi connectivity index (χ0v) is 17.6. The maximum absolute atomic E-state index is 12.9. The molecule has 2 aliphatic rings. The summed E-state index contributed by atoms with van der Waals surface area (Å²) in [4.78, 5) is 29.7. The van der Waals surface area contributed by atoms with Crippen LogP contribution in [-0.4, -0.2) is 49.4 Å². The van der Waals surface area contributed by atoms with Crippen molar-refractivity contribution in [2.75, 3.05) is 37.6 Å². The van der Waals surface area contributed by atoms with Crippen molar-refractivity contribution in [3.8, 4) is 0 Å². The third-order valence-electron chi connectivity index (χ3n) is 6.57. The second-order valence-corrected chi connectivity index (χ2v) is 8.36. The minimum Gasteiger partial charge on any atom is -0.368 e. The van der Waals surface area contributed by atoms with Gasteiger partial charge < -0.3 is 15.1 Å². The van der Waals surface area contributed by atoms with Gasteiger partial charge in [0.2, 0.25) is 11.8 Å². The van der Waals surface area contributed by atoms with Crippen molar-refractivity contribution in [1.29, 1.82) is 0 Å². The number of nitrogens with one attached hydrogen (secondary N) is 1. The van der Waals surface area contributed by atoms with Crippen LogP contribution in [0.15, 0.2) is 60.7 Å². The van der Waals surface area contributed by atoms with Gasteiger partial charge in [-0.3, -0.25) is 9.59 Å². The lowest BCUT2D eigenvalue weighted by atomic mass is 9.64. The molecule has 0 spiro atoms. The van der Waals surface area contributed by atoms with Crippen molar-refractivity contribution in [2.45, 2.75) is 37.5 Å². The molecule has 0 unspecified atom stereocenters. The average Bonchev–Trinajstić information content (AvgIpc) is 2.77. The molecule has 1 saturated heterocycles. The van der Waals surface area contributed by atoms with E-state index < -0.39 is 0 Å². The van der Waals surface area contributed by atoms with Gasteiger partial charge in [-0.05, 0) is 37.0 Å². The lowest BCUT2D eigenvalue weighted by Gasteiger charge is -2.40. The second-order valence-electron chi connectivity index (χ2n) is 8.36. The standard InChI is InChI=1S/C25H31N3O2/c29-23(28-19-17-27(18-20-28)22-11-5-2-6-12-22)13-7-16-26-24(30)25(14-8-15-25)21-9-3-1-4-10-21/h1-6,9-12H,7-8,13-20H2,(H,26,30). The molecule has 30 heavy (non-hydrogen) atoms. The number of carbonyl (C=O) groups excluding carboxylic acids is 2. The Bertz CT molecular complexity index is 841. The van der Waals surface area contributed by atoms with Gasteiger partial charge in [0.25, 0.3) is 0 Å². The molecule has 2 aromatic rings. The fourth-order valence-electron chi connectivity index (χ4n) is 4.56. The van der Waals surface area contributed by atoms with Gasteiger partial charge in [0.15, 0.2) is 0 Å². The van der Waals surface area contributed by atoms with Crippen LogP contribution < -0.4 is 10.2 Å². The Balaban J connectivity index is 1.19. The van der Waals surface area contributed by atoms with E-state index in [1.165, 1.54) is 5.69 Å². The summed E-state index contributed by atoms with van der Waals surface area (Å²) in [5.41, 5.74) is 1.97. The third-order valence-corrected chi connectivity index (χ3v) is 6.57. The summed E-state index contributed by atoms with van der Waals surface area (Å²) in [7, 11) is 0. The number of benzene rings is 2. The molecule has 1 saturated carbocycles. The van der Waals surface area contributed by atoms with Crippen LogP contribution in [0.1, 0.15) is 37.7 Å². The van der Waals surface area contributed by atoms with Crippen molar-refractivity contribution < 1.29 is 9.59 Å². The van der Waals surface area contributed by atoms with Crippen LogP contribution in [0.2, 0.25) is 0 Å². The molecule has 1 N–H and O–H groups in total. The van der Waals surface area contributed by atoms with Gasteiger partial charge in [0, 0.05) is 44.8 Å². The number of hydrogen-bond donors (Lipinski definition) is 1. The van der Waals surface area contributed by atoms with E-state index in [-0.39, 0.29) is 17.2 Å². The minimum absolute atomic E-state index is 0.115. The number of amides is 2. The molecule has 4 rings (SSSR count). The Kier molecular flexibility index (Phi) is 6.36. The number of carbonyl (C=O) groups is 2. The summed E-state index contributed by atoms with van der Waals surface area (Å²) in [6.45, 7) is 3.82. The first-order valence-electron chi connectivity index (χ1n) is 11.1. The zero-order chi connectivity index (χ0) is 20.8. The molecule has 2 fully saturated rings. The molecule has 1 aliphatic heterocycles. The summed E-state index contributed by atoms with van der Waals surface area (Å²) >= 11 is 0. The van der Waals surface area contributed by atoms with E-state index >= 15 is 0 Å². The highest BCUT2D eigenvalue weighted by Gasteiger charge is 2.45.